The number of amides is 1. The number of thiazole rings is 1. The summed E-state index contributed by atoms with van der Waals surface area (Å²) >= 11 is 1.30. The van der Waals surface area contributed by atoms with Crippen LogP contribution >= 0.6 is 11.3 Å². The Bertz CT molecular complexity index is 408. The molecule has 0 saturated carbocycles. The first-order valence-electron chi connectivity index (χ1n) is 6.14. The summed E-state index contributed by atoms with van der Waals surface area (Å²) in [6, 6.07) is 0. The fraction of sp³-hybridized carbons (Fsp3) is 0.667. The molecular formula is C12H19N3OS. The molecule has 17 heavy (non-hydrogen) atoms. The van der Waals surface area contributed by atoms with Gasteiger partial charge in [-0.25, -0.2) is 4.98 Å². The van der Waals surface area contributed by atoms with E-state index in [0.29, 0.717) is 10.0 Å². The zero-order valence-electron chi connectivity index (χ0n) is 10.4. The molecule has 0 aliphatic carbocycles. The molecule has 5 heteroatoms. The highest BCUT2D eigenvalue weighted by atomic mass is 32.1. The molecule has 0 aromatic carbocycles. The number of nitrogens with two attached hydrogens (primary N) is 1. The summed E-state index contributed by atoms with van der Waals surface area (Å²) in [6.07, 6.45) is 3.46. The molecule has 1 aromatic heterocycles. The van der Waals surface area contributed by atoms with E-state index < -0.39 is 0 Å². The van der Waals surface area contributed by atoms with Crippen LogP contribution in [0.1, 0.15) is 41.6 Å². The normalized spacial score (nSPS) is 17.4. The molecule has 0 unspecified atom stereocenters. The number of rotatable bonds is 2. The first-order chi connectivity index (χ1) is 8.11. The lowest BCUT2D eigenvalue weighted by Gasteiger charge is -2.31. The maximum absolute atomic E-state index is 12.3. The lowest BCUT2D eigenvalue weighted by molar-refractivity contribution is 0.0693. The maximum atomic E-state index is 12.3. The van der Waals surface area contributed by atoms with Crippen molar-refractivity contribution in [2.24, 2.45) is 5.92 Å². The number of hydrogen-bond acceptors (Lipinski definition) is 4. The van der Waals surface area contributed by atoms with Gasteiger partial charge < -0.3 is 10.6 Å². The minimum absolute atomic E-state index is 0.103. The summed E-state index contributed by atoms with van der Waals surface area (Å²) in [5.41, 5.74) is 6.39. The van der Waals surface area contributed by atoms with E-state index in [4.69, 9.17) is 5.73 Å². The summed E-state index contributed by atoms with van der Waals surface area (Å²) in [5, 5.41) is 0.481. The number of aryl methyl sites for hydroxylation is 1. The van der Waals surface area contributed by atoms with Gasteiger partial charge in [0.05, 0.1) is 5.69 Å². The van der Waals surface area contributed by atoms with Gasteiger partial charge in [-0.1, -0.05) is 24.7 Å². The summed E-state index contributed by atoms with van der Waals surface area (Å²) in [6.45, 7) is 5.80. The fourth-order valence-electron chi connectivity index (χ4n) is 2.30. The third-order valence-electron chi connectivity index (χ3n) is 3.49. The SMILES string of the molecule is CCC1CCN(C(=O)c2sc(N)nc2C)CC1. The van der Waals surface area contributed by atoms with Gasteiger partial charge in [-0.2, -0.15) is 0 Å². The second-order valence-electron chi connectivity index (χ2n) is 4.61. The van der Waals surface area contributed by atoms with E-state index in [1.54, 1.807) is 0 Å². The van der Waals surface area contributed by atoms with Crippen LogP contribution in [0.2, 0.25) is 0 Å². The number of likely N-dealkylation sites (tertiary alicyclic amines) is 1. The monoisotopic (exact) mass is 253 g/mol. The number of hydrogen-bond donors (Lipinski definition) is 1. The molecule has 2 heterocycles. The zero-order valence-corrected chi connectivity index (χ0v) is 11.2. The molecule has 1 amide bonds. The van der Waals surface area contributed by atoms with Gasteiger partial charge in [0, 0.05) is 13.1 Å². The van der Waals surface area contributed by atoms with Crippen molar-refractivity contribution in [2.75, 3.05) is 18.8 Å². The standard InChI is InChI=1S/C12H19N3OS/c1-3-9-4-6-15(7-5-9)11(16)10-8(2)14-12(13)17-10/h9H,3-7H2,1-2H3,(H2,13,14). The van der Waals surface area contributed by atoms with Crippen LogP contribution in [0.5, 0.6) is 0 Å². The molecule has 0 spiro atoms. The zero-order chi connectivity index (χ0) is 12.4. The van der Waals surface area contributed by atoms with Gasteiger partial charge in [0.1, 0.15) is 4.88 Å². The molecule has 1 aliphatic rings. The van der Waals surface area contributed by atoms with E-state index >= 15 is 0 Å². The Morgan fingerprint density at radius 3 is 2.65 bits per heavy atom. The van der Waals surface area contributed by atoms with Crippen LogP contribution in [-0.2, 0) is 0 Å². The van der Waals surface area contributed by atoms with Crippen LogP contribution in [0.25, 0.3) is 0 Å². The van der Waals surface area contributed by atoms with Crippen molar-refractivity contribution in [2.45, 2.75) is 33.1 Å². The van der Waals surface area contributed by atoms with Crippen molar-refractivity contribution in [3.63, 3.8) is 0 Å². The number of nitrogens with zero attached hydrogens (tertiary/aromatic N) is 2. The highest BCUT2D eigenvalue weighted by Gasteiger charge is 2.25. The van der Waals surface area contributed by atoms with Crippen molar-refractivity contribution in [1.82, 2.24) is 9.88 Å². The molecule has 1 aliphatic heterocycles. The number of carbonyl (C=O) groups is 1. The molecule has 2 N–H and O–H groups in total. The molecule has 94 valence electrons. The number of aromatic nitrogens is 1. The molecule has 0 bridgehead atoms. The average Bonchev–Trinajstić information content (AvgIpc) is 2.68. The lowest BCUT2D eigenvalue weighted by Crippen LogP contribution is -2.38. The van der Waals surface area contributed by atoms with Crippen LogP contribution in [0.4, 0.5) is 5.13 Å². The van der Waals surface area contributed by atoms with E-state index in [9.17, 15) is 4.79 Å². The van der Waals surface area contributed by atoms with Crippen LogP contribution in [0.15, 0.2) is 0 Å². The molecule has 1 saturated heterocycles. The van der Waals surface area contributed by atoms with Gasteiger partial charge >= 0.3 is 0 Å². The lowest BCUT2D eigenvalue weighted by atomic mass is 9.94. The third-order valence-corrected chi connectivity index (χ3v) is 4.46. The second kappa shape index (κ2) is 5.04. The Morgan fingerprint density at radius 2 is 2.18 bits per heavy atom. The Hall–Kier alpha value is -1.10. The number of piperidine rings is 1. The molecule has 0 atom stereocenters. The van der Waals surface area contributed by atoms with Crippen molar-refractivity contribution in [3.8, 4) is 0 Å². The minimum Gasteiger partial charge on any atom is -0.375 e. The van der Waals surface area contributed by atoms with Crippen LogP contribution in [0, 0.1) is 12.8 Å². The van der Waals surface area contributed by atoms with Crippen LogP contribution in [0.3, 0.4) is 0 Å². The van der Waals surface area contributed by atoms with Gasteiger partial charge in [0.25, 0.3) is 5.91 Å². The van der Waals surface area contributed by atoms with E-state index in [2.05, 4.69) is 11.9 Å². The number of carbonyl (C=O) groups excluding carboxylic acids is 1. The summed E-state index contributed by atoms with van der Waals surface area (Å²) < 4.78 is 0. The molecule has 2 rings (SSSR count). The van der Waals surface area contributed by atoms with E-state index in [1.807, 2.05) is 11.8 Å². The summed E-state index contributed by atoms with van der Waals surface area (Å²) in [5.74, 6) is 0.887. The number of anilines is 1. The van der Waals surface area contributed by atoms with Gasteiger partial charge in [0.2, 0.25) is 0 Å². The predicted octanol–water partition coefficient (Wildman–Crippen LogP) is 2.30. The van der Waals surface area contributed by atoms with Crippen molar-refractivity contribution < 1.29 is 4.79 Å². The Labute approximate surface area is 106 Å². The Morgan fingerprint density at radius 1 is 1.53 bits per heavy atom. The maximum Gasteiger partial charge on any atom is 0.265 e. The van der Waals surface area contributed by atoms with E-state index in [1.165, 1.54) is 17.8 Å². The van der Waals surface area contributed by atoms with Crippen molar-refractivity contribution >= 4 is 22.4 Å². The summed E-state index contributed by atoms with van der Waals surface area (Å²) in [7, 11) is 0. The molecule has 1 aromatic rings. The van der Waals surface area contributed by atoms with Crippen molar-refractivity contribution in [3.05, 3.63) is 10.6 Å². The predicted molar refractivity (Wildman–Crippen MR) is 70.2 cm³/mol. The highest BCUT2D eigenvalue weighted by molar-refractivity contribution is 7.17. The van der Waals surface area contributed by atoms with Gasteiger partial charge in [-0.15, -0.1) is 0 Å². The number of nitrogen functional groups attached to an aromatic ring is 1. The first kappa shape index (κ1) is 12.4. The highest BCUT2D eigenvalue weighted by Crippen LogP contribution is 2.25. The third kappa shape index (κ3) is 2.60. The quantitative estimate of drug-likeness (QED) is 0.879. The van der Waals surface area contributed by atoms with Gasteiger partial charge in [-0.3, -0.25) is 4.79 Å². The minimum atomic E-state index is 0.103. The first-order valence-corrected chi connectivity index (χ1v) is 6.95. The van der Waals surface area contributed by atoms with E-state index in [0.717, 1.165) is 37.5 Å². The smallest absolute Gasteiger partial charge is 0.265 e. The average molecular weight is 253 g/mol. The Kier molecular flexibility index (Phi) is 3.66. The van der Waals surface area contributed by atoms with Gasteiger partial charge in [0.15, 0.2) is 5.13 Å². The topological polar surface area (TPSA) is 59.2 Å². The van der Waals surface area contributed by atoms with Crippen molar-refractivity contribution in [1.29, 1.82) is 0 Å². The largest absolute Gasteiger partial charge is 0.375 e. The second-order valence-corrected chi connectivity index (χ2v) is 5.64. The van der Waals surface area contributed by atoms with Crippen LogP contribution < -0.4 is 5.73 Å². The molecular weight excluding hydrogens is 234 g/mol. The summed E-state index contributed by atoms with van der Waals surface area (Å²) in [4.78, 5) is 19.0. The molecule has 1 fully saturated rings. The van der Waals surface area contributed by atoms with Gasteiger partial charge in [-0.05, 0) is 25.7 Å². The van der Waals surface area contributed by atoms with E-state index in [-0.39, 0.29) is 5.91 Å². The Balaban J connectivity index is 2.04. The fourth-order valence-corrected chi connectivity index (χ4v) is 3.11. The molecule has 0 radical (unpaired) electrons. The van der Waals surface area contributed by atoms with Crippen LogP contribution in [-0.4, -0.2) is 28.9 Å². The molecule has 4 nitrogen and oxygen atoms in total.